The first-order valence-corrected chi connectivity index (χ1v) is 6.44. The number of carbonyl (C=O) groups excluding carboxylic acids is 1. The molecule has 4 N–H and O–H groups in total. The quantitative estimate of drug-likeness (QED) is 0.801. The van der Waals surface area contributed by atoms with E-state index in [1.807, 2.05) is 74.8 Å². The molecule has 0 radical (unpaired) electrons. The highest BCUT2D eigenvalue weighted by Gasteiger charge is 2.14. The Morgan fingerprint density at radius 1 is 0.950 bits per heavy atom. The second-order valence-corrected chi connectivity index (χ2v) is 4.24. The molecule has 0 saturated carbocycles. The largest absolute Gasteiger partial charge is 0.324 e. The van der Waals surface area contributed by atoms with Gasteiger partial charge in [0.15, 0.2) is 0 Å². The highest BCUT2D eigenvalue weighted by molar-refractivity contribution is 5.95. The van der Waals surface area contributed by atoms with Crippen LogP contribution in [-0.2, 0) is 4.79 Å². The van der Waals surface area contributed by atoms with Crippen molar-refractivity contribution in [2.45, 2.75) is 6.04 Å². The molecule has 0 bridgehead atoms. The van der Waals surface area contributed by atoms with Crippen molar-refractivity contribution >= 4 is 11.6 Å². The van der Waals surface area contributed by atoms with Crippen LogP contribution in [0.15, 0.2) is 60.7 Å². The van der Waals surface area contributed by atoms with Gasteiger partial charge in [-0.3, -0.25) is 4.79 Å². The molecule has 0 spiro atoms. The van der Waals surface area contributed by atoms with E-state index >= 15 is 0 Å². The first-order chi connectivity index (χ1) is 9.69. The van der Waals surface area contributed by atoms with Gasteiger partial charge >= 0.3 is 0 Å². The third kappa shape index (κ3) is 5.22. The van der Waals surface area contributed by atoms with E-state index in [0.29, 0.717) is 0 Å². The van der Waals surface area contributed by atoms with Crippen LogP contribution in [0.3, 0.4) is 0 Å². The van der Waals surface area contributed by atoms with Gasteiger partial charge in [-0.1, -0.05) is 48.5 Å². The van der Waals surface area contributed by atoms with Crippen LogP contribution in [0.4, 0.5) is 5.69 Å². The standard InChI is InChI=1S/C14H14N2O.C2H7N/c15-13(11-7-3-1-4-8-11)14(17)16-12-9-5-2-6-10-12;1-3-2/h1-10,13H,15H2,(H,16,17);3H,1-2H3. The van der Waals surface area contributed by atoms with E-state index in [0.717, 1.165) is 11.3 Å². The van der Waals surface area contributed by atoms with Crippen molar-refractivity contribution in [3.8, 4) is 0 Å². The molecule has 0 aromatic heterocycles. The number of nitrogens with two attached hydrogens (primary N) is 1. The maximum Gasteiger partial charge on any atom is 0.245 e. The summed E-state index contributed by atoms with van der Waals surface area (Å²) >= 11 is 0. The Balaban J connectivity index is 0.000000612. The number of benzene rings is 2. The molecule has 0 heterocycles. The number of para-hydroxylation sites is 1. The van der Waals surface area contributed by atoms with E-state index < -0.39 is 6.04 Å². The highest BCUT2D eigenvalue weighted by Crippen LogP contribution is 2.13. The van der Waals surface area contributed by atoms with Crippen molar-refractivity contribution in [2.24, 2.45) is 5.73 Å². The first-order valence-electron chi connectivity index (χ1n) is 6.44. The Hall–Kier alpha value is -2.17. The molecule has 2 rings (SSSR count). The molecule has 0 fully saturated rings. The summed E-state index contributed by atoms with van der Waals surface area (Å²) in [5.41, 5.74) is 7.43. The lowest BCUT2D eigenvalue weighted by atomic mass is 10.1. The SMILES string of the molecule is CNC.NC(C(=O)Nc1ccccc1)c1ccccc1. The Kier molecular flexibility index (Phi) is 7.03. The first kappa shape index (κ1) is 15.9. The summed E-state index contributed by atoms with van der Waals surface area (Å²) in [4.78, 5) is 11.9. The summed E-state index contributed by atoms with van der Waals surface area (Å²) in [5, 5.41) is 5.53. The van der Waals surface area contributed by atoms with Crippen LogP contribution >= 0.6 is 0 Å². The van der Waals surface area contributed by atoms with Crippen LogP contribution in [0.25, 0.3) is 0 Å². The second-order valence-electron chi connectivity index (χ2n) is 4.24. The van der Waals surface area contributed by atoms with E-state index in [1.165, 1.54) is 0 Å². The average Bonchev–Trinajstić information content (AvgIpc) is 2.49. The lowest BCUT2D eigenvalue weighted by Crippen LogP contribution is -2.27. The van der Waals surface area contributed by atoms with Gasteiger partial charge in [-0.05, 0) is 31.8 Å². The molecular formula is C16H21N3O. The van der Waals surface area contributed by atoms with Gasteiger partial charge in [-0.2, -0.15) is 0 Å². The van der Waals surface area contributed by atoms with E-state index in [1.54, 1.807) is 0 Å². The van der Waals surface area contributed by atoms with Crippen LogP contribution in [0.5, 0.6) is 0 Å². The molecule has 1 unspecified atom stereocenters. The molecule has 2 aromatic rings. The van der Waals surface area contributed by atoms with Crippen LogP contribution in [0.1, 0.15) is 11.6 Å². The zero-order valence-electron chi connectivity index (χ0n) is 11.8. The lowest BCUT2D eigenvalue weighted by Gasteiger charge is -2.12. The molecule has 20 heavy (non-hydrogen) atoms. The molecule has 1 amide bonds. The van der Waals surface area contributed by atoms with E-state index in [4.69, 9.17) is 5.73 Å². The monoisotopic (exact) mass is 271 g/mol. The molecule has 0 saturated heterocycles. The van der Waals surface area contributed by atoms with Crippen molar-refractivity contribution in [1.29, 1.82) is 0 Å². The minimum atomic E-state index is -0.642. The summed E-state index contributed by atoms with van der Waals surface area (Å²) < 4.78 is 0. The average molecular weight is 271 g/mol. The Bertz CT molecular complexity index is 500. The van der Waals surface area contributed by atoms with E-state index in [2.05, 4.69) is 10.6 Å². The number of carbonyl (C=O) groups is 1. The third-order valence-corrected chi connectivity index (χ3v) is 2.48. The maximum absolute atomic E-state index is 11.9. The fourth-order valence-electron chi connectivity index (χ4n) is 1.55. The maximum atomic E-state index is 11.9. The summed E-state index contributed by atoms with van der Waals surface area (Å²) in [7, 11) is 3.75. The number of nitrogens with one attached hydrogen (secondary N) is 2. The summed E-state index contributed by atoms with van der Waals surface area (Å²) in [6.07, 6.45) is 0. The smallest absolute Gasteiger partial charge is 0.245 e. The number of hydrogen-bond donors (Lipinski definition) is 3. The predicted octanol–water partition coefficient (Wildman–Crippen LogP) is 2.16. The van der Waals surface area contributed by atoms with Gasteiger partial charge in [-0.25, -0.2) is 0 Å². The summed E-state index contributed by atoms with van der Waals surface area (Å²) in [6, 6.07) is 18.0. The van der Waals surface area contributed by atoms with Gasteiger partial charge in [0, 0.05) is 5.69 Å². The molecule has 0 aliphatic rings. The molecule has 0 aliphatic heterocycles. The molecular weight excluding hydrogens is 250 g/mol. The molecule has 2 aromatic carbocycles. The van der Waals surface area contributed by atoms with Gasteiger partial charge in [-0.15, -0.1) is 0 Å². The lowest BCUT2D eigenvalue weighted by molar-refractivity contribution is -0.117. The predicted molar refractivity (Wildman–Crippen MR) is 83.4 cm³/mol. The van der Waals surface area contributed by atoms with Gasteiger partial charge in [0.2, 0.25) is 5.91 Å². The second kappa shape index (κ2) is 8.85. The molecule has 4 nitrogen and oxygen atoms in total. The Labute approximate surface area is 120 Å². The van der Waals surface area contributed by atoms with Crippen LogP contribution < -0.4 is 16.4 Å². The number of hydrogen-bond acceptors (Lipinski definition) is 3. The van der Waals surface area contributed by atoms with Crippen molar-refractivity contribution in [3.05, 3.63) is 66.2 Å². The van der Waals surface area contributed by atoms with Crippen molar-refractivity contribution < 1.29 is 4.79 Å². The van der Waals surface area contributed by atoms with Crippen molar-refractivity contribution in [1.82, 2.24) is 5.32 Å². The van der Waals surface area contributed by atoms with Crippen molar-refractivity contribution in [2.75, 3.05) is 19.4 Å². The van der Waals surface area contributed by atoms with Crippen molar-refractivity contribution in [3.63, 3.8) is 0 Å². The van der Waals surface area contributed by atoms with E-state index in [-0.39, 0.29) is 5.91 Å². The Morgan fingerprint density at radius 2 is 1.40 bits per heavy atom. The molecule has 0 aliphatic carbocycles. The fraction of sp³-hybridized carbons (Fsp3) is 0.188. The minimum absolute atomic E-state index is 0.206. The fourth-order valence-corrected chi connectivity index (χ4v) is 1.55. The van der Waals surface area contributed by atoms with Crippen LogP contribution in [0, 0.1) is 0 Å². The van der Waals surface area contributed by atoms with Gasteiger partial charge in [0.1, 0.15) is 6.04 Å². The molecule has 4 heteroatoms. The third-order valence-electron chi connectivity index (χ3n) is 2.48. The summed E-state index contributed by atoms with van der Waals surface area (Å²) in [6.45, 7) is 0. The zero-order chi connectivity index (χ0) is 14.8. The zero-order valence-corrected chi connectivity index (χ0v) is 11.8. The number of amides is 1. The molecule has 106 valence electrons. The number of rotatable bonds is 3. The highest BCUT2D eigenvalue weighted by atomic mass is 16.2. The molecule has 1 atom stereocenters. The van der Waals surface area contributed by atoms with Crippen LogP contribution in [0.2, 0.25) is 0 Å². The Morgan fingerprint density at radius 3 is 1.90 bits per heavy atom. The minimum Gasteiger partial charge on any atom is -0.324 e. The van der Waals surface area contributed by atoms with Crippen LogP contribution in [-0.4, -0.2) is 20.0 Å². The summed E-state index contributed by atoms with van der Waals surface area (Å²) in [5.74, 6) is -0.206. The van der Waals surface area contributed by atoms with Gasteiger partial charge in [0.25, 0.3) is 0 Å². The number of anilines is 1. The van der Waals surface area contributed by atoms with Gasteiger partial charge in [0.05, 0.1) is 0 Å². The van der Waals surface area contributed by atoms with Gasteiger partial charge < -0.3 is 16.4 Å². The normalized spacial score (nSPS) is 10.9. The topological polar surface area (TPSA) is 67.1 Å². The van der Waals surface area contributed by atoms with E-state index in [9.17, 15) is 4.79 Å².